The van der Waals surface area contributed by atoms with Gasteiger partial charge in [0, 0.05) is 5.56 Å². The van der Waals surface area contributed by atoms with Crippen LogP contribution in [0.5, 0.6) is 0 Å². The molecule has 148 valence electrons. The van der Waals surface area contributed by atoms with E-state index in [2.05, 4.69) is 0 Å². The molecule has 1 saturated carbocycles. The SMILES string of the molecule is O=C(O)C(O)c1cc(C2CC2)c(-c2ccc3c(c2)CCOC3)cc1C(F)(F)F. The molecule has 1 aliphatic heterocycles. The number of rotatable bonds is 4. The van der Waals surface area contributed by atoms with Crippen molar-refractivity contribution in [3.63, 3.8) is 0 Å². The summed E-state index contributed by atoms with van der Waals surface area (Å²) < 4.78 is 46.4. The average Bonchev–Trinajstić information content (AvgIpc) is 3.50. The molecule has 0 aromatic heterocycles. The fourth-order valence-corrected chi connectivity index (χ4v) is 3.75. The molecule has 0 saturated heterocycles. The molecule has 2 N–H and O–H groups in total. The number of aliphatic hydroxyl groups excluding tert-OH is 1. The molecule has 2 aromatic rings. The summed E-state index contributed by atoms with van der Waals surface area (Å²) >= 11 is 0. The number of carboxylic acid groups (broad SMARTS) is 1. The van der Waals surface area contributed by atoms with Gasteiger partial charge >= 0.3 is 12.1 Å². The maximum absolute atomic E-state index is 13.7. The molecule has 7 heteroatoms. The van der Waals surface area contributed by atoms with Crippen LogP contribution >= 0.6 is 0 Å². The van der Waals surface area contributed by atoms with Gasteiger partial charge in [0.15, 0.2) is 6.10 Å². The predicted octanol–water partition coefficient (Wildman–Crippen LogP) is 4.44. The standard InChI is InChI=1S/C21H19F3O4/c22-21(23,24)18-9-16(13-3-4-14-10-28-6-5-12(14)7-13)15(11-1-2-11)8-17(18)19(25)20(26)27/h3-4,7-9,11,19,25H,1-2,5-6,10H2,(H,26,27). The highest BCUT2D eigenvalue weighted by Gasteiger charge is 2.39. The normalized spacial score (nSPS) is 17.9. The molecule has 2 aliphatic rings. The molecular weight excluding hydrogens is 373 g/mol. The second-order valence-electron chi connectivity index (χ2n) is 7.33. The van der Waals surface area contributed by atoms with Gasteiger partial charge in [-0.15, -0.1) is 0 Å². The van der Waals surface area contributed by atoms with Crippen LogP contribution in [-0.2, 0) is 28.7 Å². The van der Waals surface area contributed by atoms with E-state index in [0.29, 0.717) is 36.3 Å². The highest BCUT2D eigenvalue weighted by atomic mass is 19.4. The molecule has 1 heterocycles. The Morgan fingerprint density at radius 3 is 2.54 bits per heavy atom. The van der Waals surface area contributed by atoms with Gasteiger partial charge in [0.2, 0.25) is 0 Å². The van der Waals surface area contributed by atoms with E-state index in [0.717, 1.165) is 30.0 Å². The minimum atomic E-state index is -4.77. The van der Waals surface area contributed by atoms with Gasteiger partial charge in [-0.25, -0.2) is 4.79 Å². The molecule has 0 radical (unpaired) electrons. The number of alkyl halides is 3. The highest BCUT2D eigenvalue weighted by Crippen LogP contribution is 2.48. The molecular formula is C21H19F3O4. The van der Waals surface area contributed by atoms with Crippen LogP contribution in [0.25, 0.3) is 11.1 Å². The number of carboxylic acids is 1. The molecule has 0 bridgehead atoms. The minimum absolute atomic E-state index is 0.0800. The van der Waals surface area contributed by atoms with E-state index in [4.69, 9.17) is 9.84 Å². The predicted molar refractivity (Wildman–Crippen MR) is 94.8 cm³/mol. The van der Waals surface area contributed by atoms with Crippen molar-refractivity contribution in [2.75, 3.05) is 6.61 Å². The lowest BCUT2D eigenvalue weighted by atomic mass is 9.87. The summed E-state index contributed by atoms with van der Waals surface area (Å²) in [6.07, 6.45) is -4.63. The summed E-state index contributed by atoms with van der Waals surface area (Å²) in [4.78, 5) is 11.2. The third-order valence-electron chi connectivity index (χ3n) is 5.36. The van der Waals surface area contributed by atoms with Crippen LogP contribution < -0.4 is 0 Å². The van der Waals surface area contributed by atoms with Crippen molar-refractivity contribution >= 4 is 5.97 Å². The van der Waals surface area contributed by atoms with Crippen LogP contribution in [-0.4, -0.2) is 22.8 Å². The Morgan fingerprint density at radius 2 is 1.89 bits per heavy atom. The molecule has 4 rings (SSSR count). The van der Waals surface area contributed by atoms with Crippen LogP contribution in [0.4, 0.5) is 13.2 Å². The third kappa shape index (κ3) is 3.52. The van der Waals surface area contributed by atoms with Gasteiger partial charge in [-0.05, 0) is 59.1 Å². The molecule has 1 unspecified atom stereocenters. The number of aliphatic carboxylic acids is 1. The molecule has 4 nitrogen and oxygen atoms in total. The van der Waals surface area contributed by atoms with Crippen molar-refractivity contribution in [1.29, 1.82) is 0 Å². The largest absolute Gasteiger partial charge is 0.479 e. The van der Waals surface area contributed by atoms with Crippen LogP contribution in [0.3, 0.4) is 0 Å². The smallest absolute Gasteiger partial charge is 0.416 e. The summed E-state index contributed by atoms with van der Waals surface area (Å²) in [5.41, 5.74) is 2.15. The van der Waals surface area contributed by atoms with E-state index in [-0.39, 0.29) is 5.92 Å². The summed E-state index contributed by atoms with van der Waals surface area (Å²) in [5.74, 6) is -1.62. The molecule has 0 spiro atoms. The Labute approximate surface area is 159 Å². The second kappa shape index (κ2) is 6.90. The van der Waals surface area contributed by atoms with E-state index in [1.165, 1.54) is 6.07 Å². The first kappa shape index (κ1) is 19.0. The number of benzene rings is 2. The van der Waals surface area contributed by atoms with Crippen LogP contribution in [0.15, 0.2) is 30.3 Å². The zero-order chi connectivity index (χ0) is 20.1. The molecule has 0 amide bonds. The van der Waals surface area contributed by atoms with Gasteiger partial charge in [0.25, 0.3) is 0 Å². The number of ether oxygens (including phenoxy) is 1. The Kier molecular flexibility index (Phi) is 4.67. The summed E-state index contributed by atoms with van der Waals surface area (Å²) in [6.45, 7) is 1.06. The van der Waals surface area contributed by atoms with E-state index < -0.39 is 29.4 Å². The maximum Gasteiger partial charge on any atom is 0.416 e. The quantitative estimate of drug-likeness (QED) is 0.807. The summed E-state index contributed by atoms with van der Waals surface area (Å²) in [5, 5.41) is 18.9. The van der Waals surface area contributed by atoms with Crippen molar-refractivity contribution in [2.24, 2.45) is 0 Å². The zero-order valence-corrected chi connectivity index (χ0v) is 14.9. The molecule has 28 heavy (non-hydrogen) atoms. The number of fused-ring (bicyclic) bond motifs is 1. The fourth-order valence-electron chi connectivity index (χ4n) is 3.75. The number of hydrogen-bond donors (Lipinski definition) is 2. The number of aliphatic hydroxyl groups is 1. The van der Waals surface area contributed by atoms with Gasteiger partial charge in [0.1, 0.15) is 0 Å². The zero-order valence-electron chi connectivity index (χ0n) is 14.9. The number of halogens is 3. The number of carbonyl (C=O) groups is 1. The van der Waals surface area contributed by atoms with Crippen LogP contribution in [0.1, 0.15) is 52.7 Å². The van der Waals surface area contributed by atoms with Gasteiger partial charge in [-0.2, -0.15) is 13.2 Å². The summed E-state index contributed by atoms with van der Waals surface area (Å²) in [7, 11) is 0. The van der Waals surface area contributed by atoms with Crippen LogP contribution in [0, 0.1) is 0 Å². The van der Waals surface area contributed by atoms with Crippen molar-refractivity contribution in [3.05, 3.63) is 58.1 Å². The van der Waals surface area contributed by atoms with Gasteiger partial charge in [-0.3, -0.25) is 0 Å². The molecule has 1 aliphatic carbocycles. The highest BCUT2D eigenvalue weighted by molar-refractivity contribution is 5.77. The minimum Gasteiger partial charge on any atom is -0.479 e. The molecule has 2 aromatic carbocycles. The Bertz CT molecular complexity index is 932. The van der Waals surface area contributed by atoms with Crippen molar-refractivity contribution < 1.29 is 32.9 Å². The van der Waals surface area contributed by atoms with Crippen molar-refractivity contribution in [2.45, 2.75) is 44.1 Å². The first-order chi connectivity index (χ1) is 13.3. The van der Waals surface area contributed by atoms with Gasteiger partial charge < -0.3 is 14.9 Å². The number of hydrogen-bond acceptors (Lipinski definition) is 3. The van der Waals surface area contributed by atoms with E-state index >= 15 is 0 Å². The van der Waals surface area contributed by atoms with Crippen molar-refractivity contribution in [1.82, 2.24) is 0 Å². The lowest BCUT2D eigenvalue weighted by Crippen LogP contribution is -2.18. The summed E-state index contributed by atoms with van der Waals surface area (Å²) in [6, 6.07) is 7.77. The Balaban J connectivity index is 1.90. The molecule has 1 atom stereocenters. The lowest BCUT2D eigenvalue weighted by Gasteiger charge is -2.22. The van der Waals surface area contributed by atoms with Gasteiger partial charge in [0.05, 0.1) is 18.8 Å². The first-order valence-electron chi connectivity index (χ1n) is 9.11. The van der Waals surface area contributed by atoms with E-state index in [9.17, 15) is 23.1 Å². The van der Waals surface area contributed by atoms with E-state index in [1.807, 2.05) is 12.1 Å². The average molecular weight is 392 g/mol. The van der Waals surface area contributed by atoms with Crippen LogP contribution in [0.2, 0.25) is 0 Å². The monoisotopic (exact) mass is 392 g/mol. The topological polar surface area (TPSA) is 66.8 Å². The van der Waals surface area contributed by atoms with Gasteiger partial charge in [-0.1, -0.05) is 24.3 Å². The second-order valence-corrected chi connectivity index (χ2v) is 7.33. The van der Waals surface area contributed by atoms with E-state index in [1.54, 1.807) is 6.07 Å². The maximum atomic E-state index is 13.7. The molecule has 1 fully saturated rings. The Morgan fingerprint density at radius 1 is 1.14 bits per heavy atom. The Hall–Kier alpha value is -2.38. The first-order valence-corrected chi connectivity index (χ1v) is 9.11. The fraction of sp³-hybridized carbons (Fsp3) is 0.381. The lowest BCUT2D eigenvalue weighted by molar-refractivity contribution is -0.149. The third-order valence-corrected chi connectivity index (χ3v) is 5.36. The van der Waals surface area contributed by atoms with Crippen molar-refractivity contribution in [3.8, 4) is 11.1 Å².